The van der Waals surface area contributed by atoms with Gasteiger partial charge in [0.1, 0.15) is 11.7 Å². The number of amides is 1. The fourth-order valence-corrected chi connectivity index (χ4v) is 4.40. The SMILES string of the molecule is O=C(Cc1ccc2c(c1)OCO2)N1CCC[C@H]1c1nnc(-c2nccc3ccccc23)o1. The molecule has 1 fully saturated rings. The first-order chi connectivity index (χ1) is 15.8. The predicted molar refractivity (Wildman–Crippen MR) is 115 cm³/mol. The Bertz CT molecular complexity index is 1310. The zero-order valence-corrected chi connectivity index (χ0v) is 17.2. The van der Waals surface area contributed by atoms with E-state index in [9.17, 15) is 4.79 Å². The molecule has 2 aliphatic rings. The van der Waals surface area contributed by atoms with Gasteiger partial charge in [0.15, 0.2) is 11.5 Å². The average Bonchev–Trinajstić information content (AvgIpc) is 3.58. The third-order valence-corrected chi connectivity index (χ3v) is 5.97. The molecule has 1 saturated heterocycles. The van der Waals surface area contributed by atoms with Crippen LogP contribution in [0, 0.1) is 0 Å². The summed E-state index contributed by atoms with van der Waals surface area (Å²) in [6.07, 6.45) is 3.69. The molecule has 0 aliphatic carbocycles. The van der Waals surface area contributed by atoms with Crippen LogP contribution in [-0.4, -0.2) is 39.3 Å². The van der Waals surface area contributed by atoms with Crippen molar-refractivity contribution in [3.63, 3.8) is 0 Å². The zero-order valence-electron chi connectivity index (χ0n) is 17.2. The van der Waals surface area contributed by atoms with Crippen LogP contribution in [0.3, 0.4) is 0 Å². The minimum absolute atomic E-state index is 0.0226. The third kappa shape index (κ3) is 3.24. The normalized spacial score (nSPS) is 17.2. The highest BCUT2D eigenvalue weighted by atomic mass is 16.7. The number of pyridine rings is 1. The maximum Gasteiger partial charge on any atom is 0.267 e. The van der Waals surface area contributed by atoms with E-state index >= 15 is 0 Å². The fourth-order valence-electron chi connectivity index (χ4n) is 4.40. The van der Waals surface area contributed by atoms with Crippen LogP contribution in [0.5, 0.6) is 11.5 Å². The molecule has 1 amide bonds. The average molecular weight is 428 g/mol. The molecule has 4 heterocycles. The largest absolute Gasteiger partial charge is 0.454 e. The topological polar surface area (TPSA) is 90.6 Å². The van der Waals surface area contributed by atoms with Crippen LogP contribution in [0.2, 0.25) is 0 Å². The first-order valence-electron chi connectivity index (χ1n) is 10.6. The van der Waals surface area contributed by atoms with E-state index in [0.29, 0.717) is 35.5 Å². The summed E-state index contributed by atoms with van der Waals surface area (Å²) >= 11 is 0. The Hall–Kier alpha value is -3.94. The van der Waals surface area contributed by atoms with Crippen molar-refractivity contribution in [2.45, 2.75) is 25.3 Å². The molecule has 32 heavy (non-hydrogen) atoms. The molecule has 1 atom stereocenters. The van der Waals surface area contributed by atoms with Crippen LogP contribution in [0.25, 0.3) is 22.4 Å². The van der Waals surface area contributed by atoms with Crippen LogP contribution >= 0.6 is 0 Å². The van der Waals surface area contributed by atoms with E-state index < -0.39 is 0 Å². The number of hydrogen-bond acceptors (Lipinski definition) is 7. The lowest BCUT2D eigenvalue weighted by molar-refractivity contribution is -0.131. The fraction of sp³-hybridized carbons (Fsp3) is 0.250. The van der Waals surface area contributed by atoms with Crippen molar-refractivity contribution >= 4 is 16.7 Å². The second-order valence-corrected chi connectivity index (χ2v) is 7.94. The van der Waals surface area contributed by atoms with E-state index in [1.807, 2.05) is 53.4 Å². The predicted octanol–water partition coefficient (Wildman–Crippen LogP) is 3.92. The minimum atomic E-state index is -0.229. The van der Waals surface area contributed by atoms with Crippen molar-refractivity contribution in [1.82, 2.24) is 20.1 Å². The van der Waals surface area contributed by atoms with Gasteiger partial charge in [-0.25, -0.2) is 0 Å². The lowest BCUT2D eigenvalue weighted by Gasteiger charge is -2.22. The highest BCUT2D eigenvalue weighted by molar-refractivity contribution is 5.92. The van der Waals surface area contributed by atoms with Gasteiger partial charge in [0, 0.05) is 18.1 Å². The van der Waals surface area contributed by atoms with Gasteiger partial charge in [-0.1, -0.05) is 30.3 Å². The van der Waals surface area contributed by atoms with Gasteiger partial charge in [0.25, 0.3) is 5.89 Å². The van der Waals surface area contributed by atoms with E-state index in [4.69, 9.17) is 13.9 Å². The Morgan fingerprint density at radius 1 is 1.06 bits per heavy atom. The molecule has 2 aromatic heterocycles. The molecule has 2 aliphatic heterocycles. The number of ether oxygens (including phenoxy) is 2. The molecule has 0 saturated carbocycles. The third-order valence-electron chi connectivity index (χ3n) is 5.97. The summed E-state index contributed by atoms with van der Waals surface area (Å²) in [6.45, 7) is 0.879. The van der Waals surface area contributed by atoms with Crippen molar-refractivity contribution in [3.8, 4) is 23.1 Å². The van der Waals surface area contributed by atoms with Gasteiger partial charge >= 0.3 is 0 Å². The summed E-state index contributed by atoms with van der Waals surface area (Å²) in [5.41, 5.74) is 1.54. The summed E-state index contributed by atoms with van der Waals surface area (Å²) in [7, 11) is 0. The summed E-state index contributed by atoms with van der Waals surface area (Å²) in [5.74, 6) is 2.23. The number of benzene rings is 2. The van der Waals surface area contributed by atoms with Gasteiger partial charge < -0.3 is 18.8 Å². The smallest absolute Gasteiger partial charge is 0.267 e. The Balaban J connectivity index is 1.24. The first kappa shape index (κ1) is 18.8. The van der Waals surface area contributed by atoms with Crippen molar-refractivity contribution < 1.29 is 18.7 Å². The number of carbonyl (C=O) groups is 1. The van der Waals surface area contributed by atoms with Crippen LogP contribution in [0.15, 0.2) is 59.1 Å². The van der Waals surface area contributed by atoms with Crippen molar-refractivity contribution in [2.24, 2.45) is 0 Å². The maximum absolute atomic E-state index is 13.1. The molecule has 0 unspecified atom stereocenters. The van der Waals surface area contributed by atoms with E-state index in [2.05, 4.69) is 15.2 Å². The number of aromatic nitrogens is 3. The quantitative estimate of drug-likeness (QED) is 0.487. The molecular weight excluding hydrogens is 408 g/mol. The standard InChI is InChI=1S/C24H20N4O4/c29-21(13-15-7-8-19-20(12-15)31-14-30-19)28-11-3-6-18(28)23-26-27-24(32-23)22-17-5-2-1-4-16(17)9-10-25-22/h1-2,4-5,7-10,12,18H,3,6,11,13-14H2/t18-/m0/s1. The van der Waals surface area contributed by atoms with Crippen LogP contribution in [0.4, 0.5) is 0 Å². The highest BCUT2D eigenvalue weighted by Gasteiger charge is 2.34. The Labute approximate surface area is 183 Å². The summed E-state index contributed by atoms with van der Waals surface area (Å²) in [5, 5.41) is 10.5. The van der Waals surface area contributed by atoms with Gasteiger partial charge in [-0.05, 0) is 42.0 Å². The molecule has 8 nitrogen and oxygen atoms in total. The molecule has 2 aromatic carbocycles. The van der Waals surface area contributed by atoms with Crippen LogP contribution < -0.4 is 9.47 Å². The van der Waals surface area contributed by atoms with E-state index in [1.165, 1.54) is 0 Å². The number of hydrogen-bond donors (Lipinski definition) is 0. The second-order valence-electron chi connectivity index (χ2n) is 7.94. The van der Waals surface area contributed by atoms with Gasteiger partial charge in [-0.15, -0.1) is 10.2 Å². The highest BCUT2D eigenvalue weighted by Crippen LogP contribution is 2.35. The number of carbonyl (C=O) groups excluding carboxylic acids is 1. The van der Waals surface area contributed by atoms with Gasteiger partial charge in [0.05, 0.1) is 6.42 Å². The molecule has 6 rings (SSSR count). The Morgan fingerprint density at radius 3 is 2.94 bits per heavy atom. The van der Waals surface area contributed by atoms with Crippen molar-refractivity contribution in [2.75, 3.05) is 13.3 Å². The van der Waals surface area contributed by atoms with Crippen LogP contribution in [0.1, 0.15) is 30.3 Å². The summed E-state index contributed by atoms with van der Waals surface area (Å²) < 4.78 is 16.8. The van der Waals surface area contributed by atoms with E-state index in [1.54, 1.807) is 6.20 Å². The van der Waals surface area contributed by atoms with Crippen molar-refractivity contribution in [1.29, 1.82) is 0 Å². The molecule has 0 spiro atoms. The molecule has 0 N–H and O–H groups in total. The summed E-state index contributed by atoms with van der Waals surface area (Å²) in [6, 6.07) is 15.3. The van der Waals surface area contributed by atoms with Gasteiger partial charge in [0.2, 0.25) is 18.6 Å². The lowest BCUT2D eigenvalue weighted by atomic mass is 10.1. The van der Waals surface area contributed by atoms with Crippen LogP contribution in [-0.2, 0) is 11.2 Å². The number of fused-ring (bicyclic) bond motifs is 2. The number of nitrogens with zero attached hydrogens (tertiary/aromatic N) is 4. The molecule has 160 valence electrons. The first-order valence-corrected chi connectivity index (χ1v) is 10.6. The van der Waals surface area contributed by atoms with Gasteiger partial charge in [-0.3, -0.25) is 9.78 Å². The second kappa shape index (κ2) is 7.64. The maximum atomic E-state index is 13.1. The number of rotatable bonds is 4. The van der Waals surface area contributed by atoms with E-state index in [0.717, 1.165) is 29.2 Å². The Kier molecular flexibility index (Phi) is 4.49. The number of likely N-dealkylation sites (tertiary alicyclic amines) is 1. The molecule has 0 bridgehead atoms. The Morgan fingerprint density at radius 2 is 1.97 bits per heavy atom. The van der Waals surface area contributed by atoms with Crippen molar-refractivity contribution in [3.05, 3.63) is 66.2 Å². The van der Waals surface area contributed by atoms with Gasteiger partial charge in [-0.2, -0.15) is 0 Å². The molecule has 8 heteroatoms. The monoisotopic (exact) mass is 428 g/mol. The van der Waals surface area contributed by atoms with E-state index in [-0.39, 0.29) is 25.2 Å². The lowest BCUT2D eigenvalue weighted by Crippen LogP contribution is -2.32. The molecule has 4 aromatic rings. The zero-order chi connectivity index (χ0) is 21.5. The minimum Gasteiger partial charge on any atom is -0.454 e. The summed E-state index contributed by atoms with van der Waals surface area (Å²) in [4.78, 5) is 19.4. The molecule has 0 radical (unpaired) electrons. The molecular formula is C24H20N4O4.